The molecule has 0 amide bonds. The van der Waals surface area contributed by atoms with E-state index in [2.05, 4.69) is 134 Å². The van der Waals surface area contributed by atoms with Gasteiger partial charge in [0.2, 0.25) is 0 Å². The highest BCUT2D eigenvalue weighted by atomic mass is 28.3. The van der Waals surface area contributed by atoms with Gasteiger partial charge in [0.25, 0.3) is 0 Å². The second-order valence-electron chi connectivity index (χ2n) is 9.48. The predicted molar refractivity (Wildman–Crippen MR) is 149 cm³/mol. The van der Waals surface area contributed by atoms with Crippen molar-refractivity contribution in [2.75, 3.05) is 0 Å². The van der Waals surface area contributed by atoms with Crippen molar-refractivity contribution in [1.82, 2.24) is 0 Å². The molecule has 0 bridgehead atoms. The molecule has 6 aromatic rings. The number of hydrogen-bond acceptors (Lipinski definition) is 0. The third kappa shape index (κ3) is 2.65. The van der Waals surface area contributed by atoms with Gasteiger partial charge in [-0.3, -0.25) is 0 Å². The molecule has 7 rings (SSSR count). The third-order valence-corrected chi connectivity index (χ3v) is 12.4. The highest BCUT2D eigenvalue weighted by Crippen LogP contribution is 2.33. The lowest BCUT2D eigenvalue weighted by Crippen LogP contribution is -2.72. The third-order valence-electron chi connectivity index (χ3n) is 7.53. The van der Waals surface area contributed by atoms with Crippen molar-refractivity contribution in [3.8, 4) is 11.1 Å². The second kappa shape index (κ2) is 7.28. The lowest BCUT2D eigenvalue weighted by Gasteiger charge is -2.31. The first-order valence-corrected chi connectivity index (χ1v) is 13.9. The molecule has 6 aromatic carbocycles. The fourth-order valence-electron chi connectivity index (χ4n) is 6.06. The second-order valence-corrected chi connectivity index (χ2v) is 13.2. The van der Waals surface area contributed by atoms with Gasteiger partial charge >= 0.3 is 0 Å². The Kier molecular flexibility index (Phi) is 4.18. The van der Waals surface area contributed by atoms with Gasteiger partial charge in [-0.15, -0.1) is 0 Å². The molecule has 0 atom stereocenters. The number of fused-ring (bicyclic) bond motifs is 5. The van der Waals surface area contributed by atoms with Crippen molar-refractivity contribution in [2.24, 2.45) is 0 Å². The van der Waals surface area contributed by atoms with Gasteiger partial charge in [-0.2, -0.15) is 0 Å². The average Bonchev–Trinajstić information content (AvgIpc) is 3.17. The van der Waals surface area contributed by atoms with E-state index in [1.807, 2.05) is 0 Å². The molecule has 0 aliphatic carbocycles. The number of rotatable bonds is 2. The predicted octanol–water partition coefficient (Wildman–Crippen LogP) is 5.66. The maximum atomic E-state index is 2.51. The smallest absolute Gasteiger partial charge is 0.0623 e. The summed E-state index contributed by atoms with van der Waals surface area (Å²) in [4.78, 5) is 0. The highest BCUT2D eigenvalue weighted by molar-refractivity contribution is 7.22. The van der Waals surface area contributed by atoms with Crippen LogP contribution in [0.15, 0.2) is 127 Å². The van der Waals surface area contributed by atoms with Gasteiger partial charge in [0.05, 0.1) is 0 Å². The molecule has 0 radical (unpaired) electrons. The quantitative estimate of drug-likeness (QED) is 0.236. The normalized spacial score (nSPS) is 13.7. The SMILES string of the molecule is Cc1ccc2cc3cc4c(cc3cc2c1)[Si](c1ccccc1)(c1ccccc1)c1ccccc1-4. The lowest BCUT2D eigenvalue weighted by atomic mass is 9.98. The fraction of sp³-hybridized carbons (Fsp3) is 0.0303. The first kappa shape index (κ1) is 19.5. The van der Waals surface area contributed by atoms with Gasteiger partial charge in [-0.05, 0) is 78.5 Å². The molecule has 0 nitrogen and oxygen atoms in total. The van der Waals surface area contributed by atoms with E-state index in [4.69, 9.17) is 0 Å². The molecule has 160 valence electrons. The molecular weight excluding hydrogens is 424 g/mol. The number of benzene rings is 6. The Labute approximate surface area is 201 Å². The Morgan fingerprint density at radius 1 is 0.412 bits per heavy atom. The summed E-state index contributed by atoms with van der Waals surface area (Å²) in [6.45, 7) is 2.17. The van der Waals surface area contributed by atoms with Gasteiger partial charge < -0.3 is 0 Å². The van der Waals surface area contributed by atoms with Crippen LogP contribution in [0.2, 0.25) is 0 Å². The van der Waals surface area contributed by atoms with E-state index in [-0.39, 0.29) is 0 Å². The maximum absolute atomic E-state index is 2.51. The summed E-state index contributed by atoms with van der Waals surface area (Å²) in [5.41, 5.74) is 4.09. The van der Waals surface area contributed by atoms with Crippen LogP contribution in [0, 0.1) is 6.92 Å². The van der Waals surface area contributed by atoms with Crippen LogP contribution in [0.5, 0.6) is 0 Å². The van der Waals surface area contributed by atoms with Crippen LogP contribution < -0.4 is 20.7 Å². The van der Waals surface area contributed by atoms with Crippen molar-refractivity contribution in [2.45, 2.75) is 6.92 Å². The summed E-state index contributed by atoms with van der Waals surface area (Å²) in [5.74, 6) is 0. The molecule has 1 aliphatic rings. The van der Waals surface area contributed by atoms with E-state index in [0.717, 1.165) is 0 Å². The molecule has 0 N–H and O–H groups in total. The molecule has 0 aromatic heterocycles. The summed E-state index contributed by atoms with van der Waals surface area (Å²) in [7, 11) is -2.42. The van der Waals surface area contributed by atoms with E-state index < -0.39 is 8.07 Å². The van der Waals surface area contributed by atoms with Gasteiger partial charge in [0.15, 0.2) is 8.07 Å². The minimum Gasteiger partial charge on any atom is -0.0623 e. The Morgan fingerprint density at radius 3 is 1.74 bits per heavy atom. The largest absolute Gasteiger partial charge is 0.180 e. The molecule has 1 heteroatoms. The van der Waals surface area contributed by atoms with Gasteiger partial charge in [0, 0.05) is 0 Å². The van der Waals surface area contributed by atoms with Crippen molar-refractivity contribution < 1.29 is 0 Å². The zero-order valence-electron chi connectivity index (χ0n) is 19.1. The van der Waals surface area contributed by atoms with Crippen LogP contribution in [0.1, 0.15) is 5.56 Å². The molecule has 1 aliphatic heterocycles. The summed E-state index contributed by atoms with van der Waals surface area (Å²) < 4.78 is 0. The van der Waals surface area contributed by atoms with Crippen LogP contribution in [-0.2, 0) is 0 Å². The first-order chi connectivity index (χ1) is 16.7. The fourth-order valence-corrected chi connectivity index (χ4v) is 11.3. The molecule has 1 heterocycles. The molecule has 0 spiro atoms. The Balaban J connectivity index is 1.65. The zero-order valence-corrected chi connectivity index (χ0v) is 20.1. The van der Waals surface area contributed by atoms with Crippen molar-refractivity contribution >= 4 is 50.4 Å². The summed E-state index contributed by atoms with van der Waals surface area (Å²) >= 11 is 0. The van der Waals surface area contributed by atoms with Crippen molar-refractivity contribution in [3.05, 3.63) is 133 Å². The van der Waals surface area contributed by atoms with E-state index >= 15 is 0 Å². The van der Waals surface area contributed by atoms with Crippen molar-refractivity contribution in [1.29, 1.82) is 0 Å². The monoisotopic (exact) mass is 448 g/mol. The summed E-state index contributed by atoms with van der Waals surface area (Å²) in [6.07, 6.45) is 0. The van der Waals surface area contributed by atoms with Crippen LogP contribution in [0.25, 0.3) is 32.7 Å². The minimum absolute atomic E-state index is 1.30. The standard InChI is InChI=1S/C33H24Si/c1-23-16-17-24-19-26-21-31-30-14-8-9-15-32(30)34(28-10-4-2-5-11-28,29-12-6-3-7-13-29)33(31)22-27(26)20-25(24)18-23/h2-22H,1H3. The molecule has 34 heavy (non-hydrogen) atoms. The number of hydrogen-bond donors (Lipinski definition) is 0. The van der Waals surface area contributed by atoms with Gasteiger partial charge in [0.1, 0.15) is 0 Å². The van der Waals surface area contributed by atoms with Crippen LogP contribution in [0.3, 0.4) is 0 Å². The van der Waals surface area contributed by atoms with Crippen LogP contribution in [-0.4, -0.2) is 8.07 Å². The van der Waals surface area contributed by atoms with Gasteiger partial charge in [-0.1, -0.05) is 115 Å². The molecule has 0 saturated heterocycles. The topological polar surface area (TPSA) is 0 Å². The zero-order chi connectivity index (χ0) is 22.7. The van der Waals surface area contributed by atoms with E-state index in [9.17, 15) is 0 Å². The maximum Gasteiger partial charge on any atom is 0.180 e. The Bertz CT molecular complexity index is 1660. The van der Waals surface area contributed by atoms with Crippen LogP contribution in [0.4, 0.5) is 0 Å². The van der Waals surface area contributed by atoms with E-state index in [1.165, 1.54) is 59.0 Å². The van der Waals surface area contributed by atoms with E-state index in [0.29, 0.717) is 0 Å². The molecular formula is C33H24Si. The molecule has 0 saturated carbocycles. The number of aryl methyl sites for hydroxylation is 1. The highest BCUT2D eigenvalue weighted by Gasteiger charge is 2.48. The van der Waals surface area contributed by atoms with Crippen molar-refractivity contribution in [3.63, 3.8) is 0 Å². The Morgan fingerprint density at radius 2 is 1.00 bits per heavy atom. The molecule has 0 unspecified atom stereocenters. The van der Waals surface area contributed by atoms with Crippen LogP contribution >= 0.6 is 0 Å². The molecule has 0 fully saturated rings. The average molecular weight is 449 g/mol. The minimum atomic E-state index is -2.42. The summed E-state index contributed by atoms with van der Waals surface area (Å²) in [6, 6.07) is 48.0. The lowest BCUT2D eigenvalue weighted by molar-refractivity contribution is 1.51. The van der Waals surface area contributed by atoms with E-state index in [1.54, 1.807) is 0 Å². The first-order valence-electron chi connectivity index (χ1n) is 11.9. The van der Waals surface area contributed by atoms with Gasteiger partial charge in [-0.25, -0.2) is 0 Å². The summed E-state index contributed by atoms with van der Waals surface area (Å²) in [5, 5.41) is 11.2. The Hall–Kier alpha value is -3.94.